The molecule has 0 atom stereocenters. The maximum atomic E-state index is 12.2. The van der Waals surface area contributed by atoms with Crippen LogP contribution < -0.4 is 15.7 Å². The monoisotopic (exact) mass is 351 g/mol. The van der Waals surface area contributed by atoms with Crippen LogP contribution in [0.1, 0.15) is 30.9 Å². The Morgan fingerprint density at radius 2 is 1.92 bits per heavy atom. The zero-order chi connectivity index (χ0) is 18.7. The van der Waals surface area contributed by atoms with Gasteiger partial charge in [-0.05, 0) is 54.3 Å². The van der Waals surface area contributed by atoms with E-state index in [4.69, 9.17) is 9.15 Å². The van der Waals surface area contributed by atoms with Crippen molar-refractivity contribution in [2.24, 2.45) is 0 Å². The Morgan fingerprint density at radius 3 is 2.69 bits per heavy atom. The second-order valence-electron chi connectivity index (χ2n) is 6.54. The van der Waals surface area contributed by atoms with E-state index in [0.717, 1.165) is 22.3 Å². The average Bonchev–Trinajstić information content (AvgIpc) is 2.60. The molecule has 1 aromatic heterocycles. The molecule has 3 rings (SSSR count). The Bertz CT molecular complexity index is 1000. The summed E-state index contributed by atoms with van der Waals surface area (Å²) in [6, 6.07) is 14.1. The molecule has 5 heteroatoms. The minimum Gasteiger partial charge on any atom is -0.483 e. The number of carbonyl (C=O) groups is 1. The van der Waals surface area contributed by atoms with Gasteiger partial charge in [0.15, 0.2) is 6.61 Å². The molecule has 0 spiro atoms. The summed E-state index contributed by atoms with van der Waals surface area (Å²) in [6.07, 6.45) is 0. The van der Waals surface area contributed by atoms with Gasteiger partial charge in [-0.3, -0.25) is 4.79 Å². The number of rotatable bonds is 5. The lowest BCUT2D eigenvalue weighted by Gasteiger charge is -2.15. The highest BCUT2D eigenvalue weighted by Crippen LogP contribution is 2.27. The van der Waals surface area contributed by atoms with Crippen LogP contribution in [0.2, 0.25) is 0 Å². The van der Waals surface area contributed by atoms with Gasteiger partial charge >= 0.3 is 5.63 Å². The van der Waals surface area contributed by atoms with Crippen LogP contribution >= 0.6 is 0 Å². The third kappa shape index (κ3) is 4.11. The molecule has 3 aromatic rings. The first-order valence-corrected chi connectivity index (χ1v) is 8.49. The van der Waals surface area contributed by atoms with E-state index in [1.54, 1.807) is 24.3 Å². The fourth-order valence-electron chi connectivity index (χ4n) is 2.73. The molecule has 1 N–H and O–H groups in total. The number of fused-ring (bicyclic) bond motifs is 1. The van der Waals surface area contributed by atoms with Crippen molar-refractivity contribution in [3.63, 3.8) is 0 Å². The van der Waals surface area contributed by atoms with Crippen LogP contribution in [0.15, 0.2) is 57.7 Å². The SMILES string of the molecule is Cc1ccc(C(C)C)c(OCC(=O)Nc2ccc3oc(=O)ccc3c2)c1. The van der Waals surface area contributed by atoms with Crippen LogP contribution in [-0.2, 0) is 4.79 Å². The lowest BCUT2D eigenvalue weighted by molar-refractivity contribution is -0.118. The van der Waals surface area contributed by atoms with Crippen LogP contribution in [0.4, 0.5) is 5.69 Å². The van der Waals surface area contributed by atoms with Crippen molar-refractivity contribution in [3.8, 4) is 5.75 Å². The molecule has 0 unspecified atom stereocenters. The highest BCUT2D eigenvalue weighted by molar-refractivity contribution is 5.94. The Balaban J connectivity index is 1.69. The minimum atomic E-state index is -0.401. The van der Waals surface area contributed by atoms with Crippen LogP contribution in [0.5, 0.6) is 5.75 Å². The van der Waals surface area contributed by atoms with E-state index < -0.39 is 5.63 Å². The Labute approximate surface area is 151 Å². The summed E-state index contributed by atoms with van der Waals surface area (Å²) in [5.74, 6) is 0.789. The van der Waals surface area contributed by atoms with Crippen molar-refractivity contribution < 1.29 is 13.9 Å². The van der Waals surface area contributed by atoms with E-state index >= 15 is 0 Å². The van der Waals surface area contributed by atoms with Gasteiger partial charge in [-0.25, -0.2) is 4.79 Å². The fourth-order valence-corrected chi connectivity index (χ4v) is 2.73. The molecular formula is C21H21NO4. The van der Waals surface area contributed by atoms with Crippen molar-refractivity contribution >= 4 is 22.6 Å². The maximum Gasteiger partial charge on any atom is 0.336 e. The summed E-state index contributed by atoms with van der Waals surface area (Å²) < 4.78 is 10.8. The van der Waals surface area contributed by atoms with Gasteiger partial charge in [0.25, 0.3) is 5.91 Å². The molecule has 1 amide bonds. The van der Waals surface area contributed by atoms with Crippen LogP contribution in [0, 0.1) is 6.92 Å². The zero-order valence-corrected chi connectivity index (χ0v) is 15.0. The quantitative estimate of drug-likeness (QED) is 0.698. The molecule has 0 radical (unpaired) electrons. The third-order valence-electron chi connectivity index (χ3n) is 4.05. The second-order valence-corrected chi connectivity index (χ2v) is 6.54. The molecule has 0 aliphatic rings. The summed E-state index contributed by atoms with van der Waals surface area (Å²) in [4.78, 5) is 23.4. The van der Waals surface area contributed by atoms with Gasteiger partial charge in [0.1, 0.15) is 11.3 Å². The number of ether oxygens (including phenoxy) is 1. The molecule has 1 heterocycles. The standard InChI is InChI=1S/C21H21NO4/c1-13(2)17-7-4-14(3)10-19(17)25-12-20(23)22-16-6-8-18-15(11-16)5-9-21(24)26-18/h4-11,13H,12H2,1-3H3,(H,22,23). The largest absolute Gasteiger partial charge is 0.483 e. The van der Waals surface area contributed by atoms with Gasteiger partial charge in [0.05, 0.1) is 0 Å². The molecule has 0 saturated carbocycles. The van der Waals surface area contributed by atoms with E-state index in [2.05, 4.69) is 19.2 Å². The van der Waals surface area contributed by atoms with Crippen molar-refractivity contribution in [2.45, 2.75) is 26.7 Å². The number of anilines is 1. The molecule has 5 nitrogen and oxygen atoms in total. The summed E-state index contributed by atoms with van der Waals surface area (Å²) in [5.41, 5.74) is 2.85. The smallest absolute Gasteiger partial charge is 0.336 e. The molecule has 2 aromatic carbocycles. The van der Waals surface area contributed by atoms with Crippen LogP contribution in [-0.4, -0.2) is 12.5 Å². The highest BCUT2D eigenvalue weighted by atomic mass is 16.5. The fraction of sp³-hybridized carbons (Fsp3) is 0.238. The zero-order valence-electron chi connectivity index (χ0n) is 15.0. The lowest BCUT2D eigenvalue weighted by Crippen LogP contribution is -2.20. The van der Waals surface area contributed by atoms with Crippen molar-refractivity contribution in [1.29, 1.82) is 0 Å². The molecule has 134 valence electrons. The first-order valence-electron chi connectivity index (χ1n) is 8.49. The van der Waals surface area contributed by atoms with Crippen LogP contribution in [0.25, 0.3) is 11.0 Å². The molecule has 26 heavy (non-hydrogen) atoms. The van der Waals surface area contributed by atoms with E-state index in [-0.39, 0.29) is 12.5 Å². The van der Waals surface area contributed by atoms with E-state index in [1.807, 2.05) is 25.1 Å². The molecule has 0 saturated heterocycles. The van der Waals surface area contributed by atoms with Gasteiger partial charge in [0, 0.05) is 17.1 Å². The van der Waals surface area contributed by atoms with Gasteiger partial charge in [-0.15, -0.1) is 0 Å². The minimum absolute atomic E-state index is 0.0783. The summed E-state index contributed by atoms with van der Waals surface area (Å²) >= 11 is 0. The van der Waals surface area contributed by atoms with E-state index in [9.17, 15) is 9.59 Å². The van der Waals surface area contributed by atoms with Crippen molar-refractivity contribution in [2.75, 3.05) is 11.9 Å². The summed E-state index contributed by atoms with van der Waals surface area (Å²) in [6.45, 7) is 6.09. The first-order chi connectivity index (χ1) is 12.4. The normalized spacial score (nSPS) is 10.9. The van der Waals surface area contributed by atoms with Gasteiger partial charge < -0.3 is 14.5 Å². The maximum absolute atomic E-state index is 12.2. The predicted molar refractivity (Wildman–Crippen MR) is 102 cm³/mol. The lowest BCUT2D eigenvalue weighted by atomic mass is 10.0. The predicted octanol–water partition coefficient (Wildman–Crippen LogP) is 4.24. The number of carbonyl (C=O) groups excluding carboxylic acids is 1. The molecule has 0 bridgehead atoms. The molecule has 0 aliphatic heterocycles. The number of aryl methyl sites for hydroxylation is 1. The second kappa shape index (κ2) is 7.44. The molecule has 0 fully saturated rings. The molecular weight excluding hydrogens is 330 g/mol. The summed E-state index contributed by atoms with van der Waals surface area (Å²) in [5, 5.41) is 3.54. The Kier molecular flexibility index (Phi) is 5.07. The third-order valence-corrected chi connectivity index (χ3v) is 4.05. The number of nitrogens with one attached hydrogen (secondary N) is 1. The van der Waals surface area contributed by atoms with Gasteiger partial charge in [-0.1, -0.05) is 26.0 Å². The highest BCUT2D eigenvalue weighted by Gasteiger charge is 2.11. The first kappa shape index (κ1) is 17.7. The number of benzene rings is 2. The summed E-state index contributed by atoms with van der Waals surface area (Å²) in [7, 11) is 0. The van der Waals surface area contributed by atoms with Gasteiger partial charge in [-0.2, -0.15) is 0 Å². The topological polar surface area (TPSA) is 68.5 Å². The Morgan fingerprint density at radius 1 is 1.12 bits per heavy atom. The average molecular weight is 351 g/mol. The van der Waals surface area contributed by atoms with E-state index in [1.165, 1.54) is 6.07 Å². The van der Waals surface area contributed by atoms with E-state index in [0.29, 0.717) is 17.2 Å². The van der Waals surface area contributed by atoms with Gasteiger partial charge in [0.2, 0.25) is 0 Å². The Hall–Kier alpha value is -3.08. The van der Waals surface area contributed by atoms with Crippen molar-refractivity contribution in [3.05, 3.63) is 70.1 Å². The number of hydrogen-bond donors (Lipinski definition) is 1. The van der Waals surface area contributed by atoms with Crippen molar-refractivity contribution in [1.82, 2.24) is 0 Å². The number of hydrogen-bond acceptors (Lipinski definition) is 4. The number of amides is 1. The molecule has 0 aliphatic carbocycles. The van der Waals surface area contributed by atoms with Crippen LogP contribution in [0.3, 0.4) is 0 Å².